The van der Waals surface area contributed by atoms with Gasteiger partial charge < -0.3 is 25.5 Å². The SMILES string of the molecule is Cc1cc(O)c(C2(c3c(O)cc(C)[nH]c3=O)CC(C)(C)NC(C)(C)C2)c(=O)[nH]1. The Morgan fingerprint density at radius 3 is 1.46 bits per heavy atom. The number of aromatic amines is 2. The third-order valence-corrected chi connectivity index (χ3v) is 5.42. The third-order valence-electron chi connectivity index (χ3n) is 5.42. The van der Waals surface area contributed by atoms with Crippen LogP contribution in [0.3, 0.4) is 0 Å². The lowest BCUT2D eigenvalue weighted by atomic mass is 9.59. The van der Waals surface area contributed by atoms with Gasteiger partial charge in [0, 0.05) is 27.9 Å². The van der Waals surface area contributed by atoms with Crippen molar-refractivity contribution < 1.29 is 10.2 Å². The minimum atomic E-state index is -1.17. The highest BCUT2D eigenvalue weighted by atomic mass is 16.3. The second-order valence-electron chi connectivity index (χ2n) is 9.41. The molecule has 0 aromatic carbocycles. The minimum Gasteiger partial charge on any atom is -0.507 e. The molecule has 0 aliphatic carbocycles. The van der Waals surface area contributed by atoms with Crippen molar-refractivity contribution in [2.24, 2.45) is 0 Å². The quantitative estimate of drug-likeness (QED) is 0.542. The van der Waals surface area contributed by atoms with E-state index in [1.807, 2.05) is 27.7 Å². The van der Waals surface area contributed by atoms with Crippen molar-refractivity contribution >= 4 is 0 Å². The Morgan fingerprint density at radius 2 is 1.14 bits per heavy atom. The van der Waals surface area contributed by atoms with Crippen LogP contribution >= 0.6 is 0 Å². The first-order valence-electron chi connectivity index (χ1n) is 9.42. The highest BCUT2D eigenvalue weighted by Gasteiger charge is 2.53. The van der Waals surface area contributed by atoms with Gasteiger partial charge in [-0.3, -0.25) is 9.59 Å². The maximum absolute atomic E-state index is 13.0. The topological polar surface area (TPSA) is 118 Å². The molecule has 0 amide bonds. The Kier molecular flexibility index (Phi) is 4.50. The summed E-state index contributed by atoms with van der Waals surface area (Å²) in [6.45, 7) is 11.3. The van der Waals surface area contributed by atoms with Gasteiger partial charge in [0.15, 0.2) is 0 Å². The summed E-state index contributed by atoms with van der Waals surface area (Å²) in [4.78, 5) is 31.5. The zero-order valence-electron chi connectivity index (χ0n) is 17.3. The monoisotopic (exact) mass is 387 g/mol. The number of aryl methyl sites for hydroxylation is 2. The van der Waals surface area contributed by atoms with Crippen LogP contribution in [0.4, 0.5) is 0 Å². The van der Waals surface area contributed by atoms with Gasteiger partial charge in [0.2, 0.25) is 0 Å². The van der Waals surface area contributed by atoms with E-state index in [0.717, 1.165) is 0 Å². The average Bonchev–Trinajstić information content (AvgIpc) is 2.40. The average molecular weight is 387 g/mol. The number of aromatic hydroxyl groups is 2. The summed E-state index contributed by atoms with van der Waals surface area (Å²) >= 11 is 0. The summed E-state index contributed by atoms with van der Waals surface area (Å²) in [5.74, 6) is -0.344. The van der Waals surface area contributed by atoms with Gasteiger partial charge >= 0.3 is 0 Å². The molecule has 0 saturated carbocycles. The molecule has 0 atom stereocenters. The molecular weight excluding hydrogens is 358 g/mol. The lowest BCUT2D eigenvalue weighted by Gasteiger charge is -2.53. The van der Waals surface area contributed by atoms with Crippen molar-refractivity contribution in [2.45, 2.75) is 70.9 Å². The van der Waals surface area contributed by atoms with E-state index in [4.69, 9.17) is 0 Å². The van der Waals surface area contributed by atoms with Crippen LogP contribution in [0.1, 0.15) is 63.1 Å². The predicted molar refractivity (Wildman–Crippen MR) is 108 cm³/mol. The molecule has 3 rings (SSSR count). The molecule has 2 aromatic rings. The number of hydrogen-bond acceptors (Lipinski definition) is 5. The number of piperidine rings is 1. The molecule has 0 bridgehead atoms. The Labute approximate surface area is 163 Å². The van der Waals surface area contributed by atoms with Crippen molar-refractivity contribution in [3.05, 3.63) is 55.4 Å². The smallest absolute Gasteiger partial charge is 0.255 e. The van der Waals surface area contributed by atoms with E-state index in [1.165, 1.54) is 12.1 Å². The molecule has 0 radical (unpaired) electrons. The van der Waals surface area contributed by atoms with Gasteiger partial charge in [0.05, 0.1) is 11.1 Å². The van der Waals surface area contributed by atoms with E-state index in [9.17, 15) is 19.8 Å². The summed E-state index contributed by atoms with van der Waals surface area (Å²) < 4.78 is 0. The Morgan fingerprint density at radius 1 is 0.786 bits per heavy atom. The van der Waals surface area contributed by atoms with E-state index in [0.29, 0.717) is 24.2 Å². The second kappa shape index (κ2) is 6.24. The number of aromatic nitrogens is 2. The van der Waals surface area contributed by atoms with Gasteiger partial charge in [0.25, 0.3) is 11.1 Å². The second-order valence-corrected chi connectivity index (χ2v) is 9.41. The molecule has 1 aliphatic rings. The zero-order valence-corrected chi connectivity index (χ0v) is 17.3. The number of pyridine rings is 2. The summed E-state index contributed by atoms with van der Waals surface area (Å²) in [5.41, 5.74) is -1.72. The Hall–Kier alpha value is -2.54. The minimum absolute atomic E-state index is 0.116. The number of hydrogen-bond donors (Lipinski definition) is 5. The van der Waals surface area contributed by atoms with Gasteiger partial charge in [0.1, 0.15) is 11.5 Å². The van der Waals surface area contributed by atoms with E-state index >= 15 is 0 Å². The number of H-pyrrole nitrogens is 2. The first-order chi connectivity index (χ1) is 12.8. The zero-order chi connectivity index (χ0) is 21.1. The molecule has 3 heterocycles. The fraction of sp³-hybridized carbons (Fsp3) is 0.524. The highest BCUT2D eigenvalue weighted by Crippen LogP contribution is 2.51. The van der Waals surface area contributed by atoms with E-state index in [1.54, 1.807) is 13.8 Å². The fourth-order valence-electron chi connectivity index (χ4n) is 5.32. The van der Waals surface area contributed by atoms with Gasteiger partial charge in [-0.15, -0.1) is 0 Å². The molecule has 152 valence electrons. The maximum Gasteiger partial charge on any atom is 0.255 e. The summed E-state index contributed by atoms with van der Waals surface area (Å²) in [6.07, 6.45) is 0.700. The molecule has 7 heteroatoms. The molecule has 1 saturated heterocycles. The van der Waals surface area contributed by atoms with Gasteiger partial charge in [-0.2, -0.15) is 0 Å². The first kappa shape index (κ1) is 20.2. The summed E-state index contributed by atoms with van der Waals surface area (Å²) in [6, 6.07) is 2.97. The standard InChI is InChI=1S/C21H29N3O4/c1-11-7-13(25)15(17(27)22-11)21(9-19(3,4)24-20(5,6)10-21)16-14(26)8-12(2)23-18(16)28/h7-8,24H,9-10H2,1-6H3,(H2,22,25,27)(H2,23,26,28). The van der Waals surface area contributed by atoms with Crippen LogP contribution in [-0.4, -0.2) is 31.3 Å². The fourth-order valence-corrected chi connectivity index (χ4v) is 5.32. The molecule has 1 fully saturated rings. The lowest BCUT2D eigenvalue weighted by Crippen LogP contribution is -2.64. The van der Waals surface area contributed by atoms with Crippen molar-refractivity contribution in [3.8, 4) is 11.5 Å². The van der Waals surface area contributed by atoms with Crippen LogP contribution in [0.15, 0.2) is 21.7 Å². The van der Waals surface area contributed by atoms with E-state index in [-0.39, 0.29) is 22.6 Å². The largest absolute Gasteiger partial charge is 0.507 e. The molecule has 28 heavy (non-hydrogen) atoms. The van der Waals surface area contributed by atoms with Crippen molar-refractivity contribution in [2.75, 3.05) is 0 Å². The molecule has 7 nitrogen and oxygen atoms in total. The number of nitrogens with one attached hydrogen (secondary N) is 3. The van der Waals surface area contributed by atoms with Gasteiger partial charge in [-0.25, -0.2) is 0 Å². The van der Waals surface area contributed by atoms with Gasteiger partial charge in [-0.1, -0.05) is 0 Å². The van der Waals surface area contributed by atoms with Crippen LogP contribution in [0.5, 0.6) is 11.5 Å². The molecule has 1 aliphatic heterocycles. The highest BCUT2D eigenvalue weighted by molar-refractivity contribution is 5.52. The molecule has 5 N–H and O–H groups in total. The summed E-state index contributed by atoms with van der Waals surface area (Å²) in [7, 11) is 0. The van der Waals surface area contributed by atoms with Crippen LogP contribution in [0.2, 0.25) is 0 Å². The first-order valence-corrected chi connectivity index (χ1v) is 9.42. The van der Waals surface area contributed by atoms with Crippen LogP contribution in [0.25, 0.3) is 0 Å². The lowest BCUT2D eigenvalue weighted by molar-refractivity contribution is 0.118. The van der Waals surface area contributed by atoms with Crippen LogP contribution < -0.4 is 16.4 Å². The maximum atomic E-state index is 13.0. The van der Waals surface area contributed by atoms with Gasteiger partial charge in [-0.05, 0) is 66.5 Å². The Bertz CT molecular complexity index is 963. The van der Waals surface area contributed by atoms with Crippen molar-refractivity contribution in [1.82, 2.24) is 15.3 Å². The predicted octanol–water partition coefficient (Wildman–Crippen LogP) is 2.32. The molecule has 2 aromatic heterocycles. The molecule has 0 unspecified atom stereocenters. The summed E-state index contributed by atoms with van der Waals surface area (Å²) in [5, 5.41) is 25.1. The normalized spacial score (nSPS) is 20.1. The van der Waals surface area contributed by atoms with E-state index < -0.39 is 27.6 Å². The third kappa shape index (κ3) is 3.35. The van der Waals surface area contributed by atoms with Crippen molar-refractivity contribution in [3.63, 3.8) is 0 Å². The van der Waals surface area contributed by atoms with Crippen LogP contribution in [-0.2, 0) is 5.41 Å². The Balaban J connectivity index is 2.47. The van der Waals surface area contributed by atoms with Crippen LogP contribution in [0, 0.1) is 13.8 Å². The van der Waals surface area contributed by atoms with Crippen molar-refractivity contribution in [1.29, 1.82) is 0 Å². The molecular formula is C21H29N3O4. The van der Waals surface area contributed by atoms with E-state index in [2.05, 4.69) is 15.3 Å². The number of rotatable bonds is 2. The molecule has 0 spiro atoms.